The van der Waals surface area contributed by atoms with E-state index in [4.69, 9.17) is 4.42 Å². The zero-order valence-corrected chi connectivity index (χ0v) is 14.1. The summed E-state index contributed by atoms with van der Waals surface area (Å²) in [6.45, 7) is 7.16. The zero-order chi connectivity index (χ0) is 17.5. The summed E-state index contributed by atoms with van der Waals surface area (Å²) in [4.78, 5) is 12.4. The van der Waals surface area contributed by atoms with Gasteiger partial charge in [-0.05, 0) is 45.9 Å². The Morgan fingerprint density at radius 3 is 2.75 bits per heavy atom. The summed E-state index contributed by atoms with van der Waals surface area (Å²) in [7, 11) is 0. The third-order valence-corrected chi connectivity index (χ3v) is 4.05. The minimum atomic E-state index is -1.21. The van der Waals surface area contributed by atoms with Gasteiger partial charge in [-0.15, -0.1) is 10.2 Å². The van der Waals surface area contributed by atoms with Crippen molar-refractivity contribution in [1.82, 2.24) is 19.9 Å². The molecular weight excluding hydrogens is 308 g/mol. The van der Waals surface area contributed by atoms with E-state index in [1.165, 1.54) is 0 Å². The van der Waals surface area contributed by atoms with E-state index in [-0.39, 0.29) is 12.5 Å². The first-order valence-corrected chi connectivity index (χ1v) is 7.67. The molecule has 3 aromatic rings. The standard InChI is InChI=1S/C17H20N4O3/c1-10-7-14(11(2)24-10)17(4,23)9-18-16(22)13-5-6-15-20-19-12(3)21(15)8-13/h5-8,23H,9H2,1-4H3,(H,18,22). The molecule has 0 saturated heterocycles. The molecule has 0 fully saturated rings. The van der Waals surface area contributed by atoms with E-state index >= 15 is 0 Å². The van der Waals surface area contributed by atoms with Gasteiger partial charge in [-0.2, -0.15) is 0 Å². The van der Waals surface area contributed by atoms with Crippen molar-refractivity contribution in [3.63, 3.8) is 0 Å². The SMILES string of the molecule is Cc1cc(C(C)(O)CNC(=O)c2ccc3nnc(C)n3c2)c(C)o1. The third-order valence-electron chi connectivity index (χ3n) is 4.05. The van der Waals surface area contributed by atoms with Crippen LogP contribution < -0.4 is 5.32 Å². The predicted molar refractivity (Wildman–Crippen MR) is 87.8 cm³/mol. The quantitative estimate of drug-likeness (QED) is 0.763. The highest BCUT2D eigenvalue weighted by Crippen LogP contribution is 2.26. The summed E-state index contributed by atoms with van der Waals surface area (Å²) < 4.78 is 7.20. The Morgan fingerprint density at radius 2 is 2.08 bits per heavy atom. The Bertz CT molecular complexity index is 908. The third kappa shape index (κ3) is 2.90. The molecule has 1 unspecified atom stereocenters. The maximum atomic E-state index is 12.4. The Hall–Kier alpha value is -2.67. The van der Waals surface area contributed by atoms with Gasteiger partial charge in [0.1, 0.15) is 22.9 Å². The average molecular weight is 328 g/mol. The van der Waals surface area contributed by atoms with Crippen LogP contribution in [-0.4, -0.2) is 32.2 Å². The lowest BCUT2D eigenvalue weighted by atomic mass is 9.96. The molecular formula is C17H20N4O3. The lowest BCUT2D eigenvalue weighted by Gasteiger charge is -2.23. The Balaban J connectivity index is 1.76. The maximum absolute atomic E-state index is 12.4. The summed E-state index contributed by atoms with van der Waals surface area (Å²) >= 11 is 0. The smallest absolute Gasteiger partial charge is 0.252 e. The largest absolute Gasteiger partial charge is 0.466 e. The molecule has 3 aromatic heterocycles. The molecule has 2 N–H and O–H groups in total. The highest BCUT2D eigenvalue weighted by molar-refractivity contribution is 5.94. The molecule has 1 atom stereocenters. The minimum absolute atomic E-state index is 0.0743. The molecule has 7 nitrogen and oxygen atoms in total. The van der Waals surface area contributed by atoms with Crippen molar-refractivity contribution in [3.05, 3.63) is 52.9 Å². The molecule has 0 radical (unpaired) electrons. The summed E-state index contributed by atoms with van der Waals surface area (Å²) in [5, 5.41) is 21.4. The van der Waals surface area contributed by atoms with Crippen LogP contribution in [0.5, 0.6) is 0 Å². The Labute approximate surface area is 139 Å². The first-order chi connectivity index (χ1) is 11.3. The first-order valence-electron chi connectivity index (χ1n) is 7.67. The van der Waals surface area contributed by atoms with Crippen LogP contribution in [0, 0.1) is 20.8 Å². The fourth-order valence-electron chi connectivity index (χ4n) is 2.75. The number of nitrogens with zero attached hydrogens (tertiary/aromatic N) is 3. The van der Waals surface area contributed by atoms with Crippen molar-refractivity contribution in [2.45, 2.75) is 33.3 Å². The van der Waals surface area contributed by atoms with Crippen LogP contribution >= 0.6 is 0 Å². The van der Waals surface area contributed by atoms with E-state index < -0.39 is 5.60 Å². The maximum Gasteiger partial charge on any atom is 0.252 e. The number of rotatable bonds is 4. The fourth-order valence-corrected chi connectivity index (χ4v) is 2.75. The molecule has 0 bridgehead atoms. The number of hydrogen-bond acceptors (Lipinski definition) is 5. The van der Waals surface area contributed by atoms with Crippen molar-refractivity contribution in [3.8, 4) is 0 Å². The number of hydrogen-bond donors (Lipinski definition) is 2. The number of aromatic nitrogens is 3. The number of amides is 1. The van der Waals surface area contributed by atoms with Gasteiger partial charge in [-0.25, -0.2) is 0 Å². The second kappa shape index (κ2) is 5.76. The fraction of sp³-hybridized carbons (Fsp3) is 0.353. The van der Waals surface area contributed by atoms with Gasteiger partial charge in [0.2, 0.25) is 0 Å². The van der Waals surface area contributed by atoms with E-state index in [0.29, 0.717) is 28.4 Å². The predicted octanol–water partition coefficient (Wildman–Crippen LogP) is 1.89. The summed E-state index contributed by atoms with van der Waals surface area (Å²) in [5.74, 6) is 1.80. The molecule has 0 aliphatic rings. The molecule has 0 aromatic carbocycles. The van der Waals surface area contributed by atoms with E-state index in [2.05, 4.69) is 15.5 Å². The van der Waals surface area contributed by atoms with Crippen LogP contribution in [-0.2, 0) is 5.60 Å². The molecule has 0 spiro atoms. The summed E-state index contributed by atoms with van der Waals surface area (Å²) in [5.41, 5.74) is 0.612. The van der Waals surface area contributed by atoms with Gasteiger partial charge >= 0.3 is 0 Å². The lowest BCUT2D eigenvalue weighted by molar-refractivity contribution is 0.0514. The second-order valence-corrected chi connectivity index (χ2v) is 6.18. The topological polar surface area (TPSA) is 92.7 Å². The highest BCUT2D eigenvalue weighted by Gasteiger charge is 2.28. The molecule has 3 rings (SSSR count). The van der Waals surface area contributed by atoms with Gasteiger partial charge in [-0.3, -0.25) is 9.20 Å². The van der Waals surface area contributed by atoms with Gasteiger partial charge < -0.3 is 14.8 Å². The van der Waals surface area contributed by atoms with Crippen molar-refractivity contribution in [2.24, 2.45) is 0 Å². The average Bonchev–Trinajstić information content (AvgIpc) is 3.07. The van der Waals surface area contributed by atoms with Crippen LogP contribution in [0.3, 0.4) is 0 Å². The Kier molecular flexibility index (Phi) is 3.88. The number of aliphatic hydroxyl groups is 1. The van der Waals surface area contributed by atoms with Crippen molar-refractivity contribution in [2.75, 3.05) is 6.54 Å². The van der Waals surface area contributed by atoms with Crippen LogP contribution in [0.4, 0.5) is 0 Å². The van der Waals surface area contributed by atoms with E-state index in [1.807, 2.05) is 13.8 Å². The van der Waals surface area contributed by atoms with Crippen molar-refractivity contribution < 1.29 is 14.3 Å². The van der Waals surface area contributed by atoms with E-state index in [9.17, 15) is 9.90 Å². The number of carbonyl (C=O) groups excluding carboxylic acids is 1. The molecule has 0 aliphatic carbocycles. The lowest BCUT2D eigenvalue weighted by Crippen LogP contribution is -2.38. The second-order valence-electron chi connectivity index (χ2n) is 6.18. The van der Waals surface area contributed by atoms with Crippen molar-refractivity contribution in [1.29, 1.82) is 0 Å². The normalized spacial score (nSPS) is 13.9. The monoisotopic (exact) mass is 328 g/mol. The van der Waals surface area contributed by atoms with Gasteiger partial charge in [0, 0.05) is 11.8 Å². The van der Waals surface area contributed by atoms with Crippen LogP contribution in [0.2, 0.25) is 0 Å². The summed E-state index contributed by atoms with van der Waals surface area (Å²) in [6, 6.07) is 5.20. The van der Waals surface area contributed by atoms with Crippen molar-refractivity contribution >= 4 is 11.6 Å². The highest BCUT2D eigenvalue weighted by atomic mass is 16.3. The number of carbonyl (C=O) groups is 1. The first kappa shape index (κ1) is 16.2. The molecule has 24 heavy (non-hydrogen) atoms. The number of nitrogens with one attached hydrogen (secondary N) is 1. The van der Waals surface area contributed by atoms with Gasteiger partial charge in [0.25, 0.3) is 5.91 Å². The summed E-state index contributed by atoms with van der Waals surface area (Å²) in [6.07, 6.45) is 1.68. The number of furan rings is 1. The minimum Gasteiger partial charge on any atom is -0.466 e. The van der Waals surface area contributed by atoms with Gasteiger partial charge in [-0.1, -0.05) is 0 Å². The number of aryl methyl sites for hydroxylation is 3. The van der Waals surface area contributed by atoms with E-state index in [1.54, 1.807) is 42.6 Å². The zero-order valence-electron chi connectivity index (χ0n) is 14.1. The number of pyridine rings is 1. The number of fused-ring (bicyclic) bond motifs is 1. The van der Waals surface area contributed by atoms with Crippen LogP contribution in [0.15, 0.2) is 28.8 Å². The molecule has 7 heteroatoms. The molecule has 126 valence electrons. The van der Waals surface area contributed by atoms with E-state index in [0.717, 1.165) is 5.76 Å². The van der Waals surface area contributed by atoms with Gasteiger partial charge in [0.15, 0.2) is 5.65 Å². The van der Waals surface area contributed by atoms with Gasteiger partial charge in [0.05, 0.1) is 12.1 Å². The molecule has 0 saturated carbocycles. The molecule has 0 aliphatic heterocycles. The van der Waals surface area contributed by atoms with Crippen LogP contribution in [0.1, 0.15) is 40.2 Å². The molecule has 3 heterocycles. The Morgan fingerprint density at radius 1 is 1.33 bits per heavy atom. The van der Waals surface area contributed by atoms with Crippen LogP contribution in [0.25, 0.3) is 5.65 Å². The molecule has 1 amide bonds.